The lowest BCUT2D eigenvalue weighted by Gasteiger charge is -2.28. The number of nitrogens with two attached hydrogens (primary N) is 2. The highest BCUT2D eigenvalue weighted by Crippen LogP contribution is 2.19. The highest BCUT2D eigenvalue weighted by molar-refractivity contribution is 7.98. The van der Waals surface area contributed by atoms with Crippen molar-refractivity contribution in [3.8, 4) is 0 Å². The van der Waals surface area contributed by atoms with E-state index in [-0.39, 0.29) is 25.8 Å². The Labute approximate surface area is 200 Å². The van der Waals surface area contributed by atoms with E-state index in [4.69, 9.17) is 11.5 Å². The van der Waals surface area contributed by atoms with Crippen molar-refractivity contribution >= 4 is 41.4 Å². The van der Waals surface area contributed by atoms with Gasteiger partial charge in [-0.3, -0.25) is 19.2 Å². The number of rotatable bonds is 13. The largest absolute Gasteiger partial charge is 0.480 e. The van der Waals surface area contributed by atoms with Crippen LogP contribution in [0, 0.1) is 0 Å². The molecular weight excluding hydrogens is 466 g/mol. The molecule has 14 heteroatoms. The number of primary amides is 1. The second kappa shape index (κ2) is 12.9. The molecule has 1 aromatic heterocycles. The van der Waals surface area contributed by atoms with Gasteiger partial charge in [-0.15, -0.1) is 0 Å². The van der Waals surface area contributed by atoms with E-state index < -0.39 is 53.8 Å². The number of carboxylic acid groups (broad SMARTS) is 1. The maximum atomic E-state index is 13.1. The first kappa shape index (κ1) is 27.1. The summed E-state index contributed by atoms with van der Waals surface area (Å²) in [4.78, 5) is 69.4. The molecular formula is C20H31N7O6S. The highest BCUT2D eigenvalue weighted by Gasteiger charge is 2.38. The van der Waals surface area contributed by atoms with E-state index in [2.05, 4.69) is 20.6 Å². The smallest absolute Gasteiger partial charge is 0.326 e. The molecule has 2 heterocycles. The average Bonchev–Trinajstić information content (AvgIpc) is 3.46. The number of thioether (sulfide) groups is 1. The zero-order valence-corrected chi connectivity index (χ0v) is 19.7. The summed E-state index contributed by atoms with van der Waals surface area (Å²) in [7, 11) is 0. The number of aromatic nitrogens is 2. The second-order valence-corrected chi connectivity index (χ2v) is 8.98. The van der Waals surface area contributed by atoms with Crippen LogP contribution in [0.3, 0.4) is 0 Å². The molecule has 4 atom stereocenters. The molecule has 1 aliphatic heterocycles. The van der Waals surface area contributed by atoms with Crippen LogP contribution in [-0.4, -0.2) is 92.3 Å². The number of H-pyrrole nitrogens is 1. The van der Waals surface area contributed by atoms with Crippen molar-refractivity contribution in [2.45, 2.75) is 56.3 Å². The first-order valence-electron chi connectivity index (χ1n) is 10.8. The normalized spacial score (nSPS) is 18.1. The molecule has 34 heavy (non-hydrogen) atoms. The first-order valence-corrected chi connectivity index (χ1v) is 12.2. The van der Waals surface area contributed by atoms with Crippen molar-refractivity contribution in [1.29, 1.82) is 0 Å². The topological polar surface area (TPSA) is 214 Å². The maximum Gasteiger partial charge on any atom is 0.326 e. The van der Waals surface area contributed by atoms with Gasteiger partial charge in [-0.05, 0) is 31.3 Å². The van der Waals surface area contributed by atoms with Crippen molar-refractivity contribution in [3.05, 3.63) is 18.2 Å². The van der Waals surface area contributed by atoms with Gasteiger partial charge in [0.25, 0.3) is 0 Å². The Morgan fingerprint density at radius 3 is 2.62 bits per heavy atom. The molecule has 188 valence electrons. The number of hydrogen-bond donors (Lipinski definition) is 6. The minimum absolute atomic E-state index is 0.0360. The van der Waals surface area contributed by atoms with Crippen molar-refractivity contribution in [1.82, 2.24) is 25.5 Å². The van der Waals surface area contributed by atoms with Gasteiger partial charge in [0.2, 0.25) is 23.6 Å². The third-order valence-electron chi connectivity index (χ3n) is 5.41. The fourth-order valence-corrected chi connectivity index (χ4v) is 4.15. The van der Waals surface area contributed by atoms with Gasteiger partial charge in [-0.2, -0.15) is 11.8 Å². The molecule has 2 rings (SSSR count). The second-order valence-electron chi connectivity index (χ2n) is 7.99. The zero-order valence-electron chi connectivity index (χ0n) is 18.9. The third kappa shape index (κ3) is 7.73. The Morgan fingerprint density at radius 1 is 1.29 bits per heavy atom. The number of carboxylic acids is 1. The monoisotopic (exact) mass is 497 g/mol. The third-order valence-corrected chi connectivity index (χ3v) is 6.06. The Hall–Kier alpha value is -3.13. The number of imidazole rings is 1. The van der Waals surface area contributed by atoms with Crippen molar-refractivity contribution in [2.75, 3.05) is 18.6 Å². The summed E-state index contributed by atoms with van der Waals surface area (Å²) in [5.74, 6) is -3.20. The summed E-state index contributed by atoms with van der Waals surface area (Å²) >= 11 is 1.45. The molecule has 1 fully saturated rings. The molecule has 0 saturated carbocycles. The fourth-order valence-electron chi connectivity index (χ4n) is 3.68. The molecule has 8 N–H and O–H groups in total. The average molecular weight is 498 g/mol. The Balaban J connectivity index is 2.14. The number of amides is 4. The van der Waals surface area contributed by atoms with Crippen LogP contribution < -0.4 is 22.1 Å². The lowest BCUT2D eigenvalue weighted by molar-refractivity contribution is -0.143. The van der Waals surface area contributed by atoms with Gasteiger partial charge >= 0.3 is 5.97 Å². The summed E-state index contributed by atoms with van der Waals surface area (Å²) in [6.07, 6.45) is 5.54. The van der Waals surface area contributed by atoms with Gasteiger partial charge in [0.05, 0.1) is 18.8 Å². The number of carbonyl (C=O) groups excluding carboxylic acids is 4. The zero-order chi connectivity index (χ0) is 25.3. The number of aliphatic carboxylic acids is 1. The van der Waals surface area contributed by atoms with Gasteiger partial charge in [0.1, 0.15) is 18.1 Å². The molecule has 0 spiro atoms. The Bertz CT molecular complexity index is 881. The number of aromatic amines is 1. The van der Waals surface area contributed by atoms with E-state index >= 15 is 0 Å². The maximum absolute atomic E-state index is 13.1. The van der Waals surface area contributed by atoms with Crippen LogP contribution in [0.1, 0.15) is 31.4 Å². The number of nitrogens with zero attached hydrogens (tertiary/aromatic N) is 2. The first-order chi connectivity index (χ1) is 16.1. The summed E-state index contributed by atoms with van der Waals surface area (Å²) in [5, 5.41) is 14.6. The van der Waals surface area contributed by atoms with E-state index in [9.17, 15) is 29.1 Å². The fraction of sp³-hybridized carbons (Fsp3) is 0.600. The van der Waals surface area contributed by atoms with E-state index in [1.165, 1.54) is 29.2 Å². The van der Waals surface area contributed by atoms with Gasteiger partial charge in [0, 0.05) is 24.9 Å². The van der Waals surface area contributed by atoms with Crippen LogP contribution in [-0.2, 0) is 30.4 Å². The predicted octanol–water partition coefficient (Wildman–Crippen LogP) is -2.05. The lowest BCUT2D eigenvalue weighted by atomic mass is 10.1. The summed E-state index contributed by atoms with van der Waals surface area (Å²) in [5.41, 5.74) is 11.4. The molecule has 4 amide bonds. The van der Waals surface area contributed by atoms with E-state index in [0.717, 1.165) is 0 Å². The van der Waals surface area contributed by atoms with Gasteiger partial charge in [-0.1, -0.05) is 0 Å². The van der Waals surface area contributed by atoms with Crippen molar-refractivity contribution < 1.29 is 29.1 Å². The number of hydrogen-bond acceptors (Lipinski definition) is 8. The quantitative estimate of drug-likeness (QED) is 0.177. The predicted molar refractivity (Wildman–Crippen MR) is 123 cm³/mol. The molecule has 13 nitrogen and oxygen atoms in total. The minimum atomic E-state index is -1.18. The molecule has 0 aliphatic carbocycles. The Morgan fingerprint density at radius 2 is 2.03 bits per heavy atom. The van der Waals surface area contributed by atoms with Crippen molar-refractivity contribution in [2.24, 2.45) is 11.5 Å². The molecule has 1 aromatic rings. The van der Waals surface area contributed by atoms with Crippen LogP contribution in [0.15, 0.2) is 12.5 Å². The minimum Gasteiger partial charge on any atom is -0.480 e. The summed E-state index contributed by atoms with van der Waals surface area (Å²) in [6.45, 7) is 0.274. The standard InChI is InChI=1S/C20H31N7O6S/c1-34-6-4-13(20(32)33)25-17(29)14(7-11-9-23-10-24-11)26-18(30)15-3-2-5-27(15)19(31)12(21)8-16(22)28/h9-10,12-15H,2-8,21H2,1H3,(H2,22,28)(H,23,24)(H,25,29)(H,26,30)(H,32,33). The van der Waals surface area contributed by atoms with Crippen molar-refractivity contribution in [3.63, 3.8) is 0 Å². The van der Waals surface area contributed by atoms with Crippen LogP contribution in [0.4, 0.5) is 0 Å². The van der Waals surface area contributed by atoms with Gasteiger partial charge in [0.15, 0.2) is 0 Å². The van der Waals surface area contributed by atoms with Crippen LogP contribution in [0.25, 0.3) is 0 Å². The molecule has 1 saturated heterocycles. The SMILES string of the molecule is CSCCC(NC(=O)C(Cc1cnc[nH]1)NC(=O)C1CCCN1C(=O)C(N)CC(N)=O)C(=O)O. The molecule has 0 aromatic carbocycles. The molecule has 0 radical (unpaired) electrons. The Kier molecular flexibility index (Phi) is 10.3. The molecule has 1 aliphatic rings. The van der Waals surface area contributed by atoms with E-state index in [1.807, 2.05) is 6.26 Å². The van der Waals surface area contributed by atoms with E-state index in [1.54, 1.807) is 0 Å². The van der Waals surface area contributed by atoms with Crippen LogP contribution in [0.2, 0.25) is 0 Å². The molecule has 4 unspecified atom stereocenters. The number of carbonyl (C=O) groups is 5. The lowest BCUT2D eigenvalue weighted by Crippen LogP contribution is -2.57. The summed E-state index contributed by atoms with van der Waals surface area (Å²) in [6, 6.07) is -4.27. The van der Waals surface area contributed by atoms with E-state index in [0.29, 0.717) is 24.3 Å². The van der Waals surface area contributed by atoms with Crippen LogP contribution >= 0.6 is 11.8 Å². The van der Waals surface area contributed by atoms with Gasteiger partial charge in [-0.25, -0.2) is 9.78 Å². The molecule has 0 bridgehead atoms. The number of likely N-dealkylation sites (tertiary alicyclic amines) is 1. The number of nitrogens with one attached hydrogen (secondary N) is 3. The van der Waals surface area contributed by atoms with Crippen LogP contribution in [0.5, 0.6) is 0 Å². The van der Waals surface area contributed by atoms with Gasteiger partial charge < -0.3 is 37.1 Å². The summed E-state index contributed by atoms with van der Waals surface area (Å²) < 4.78 is 0. The highest BCUT2D eigenvalue weighted by atomic mass is 32.2.